The molecule has 9 aromatic carbocycles. The Kier molecular flexibility index (Phi) is 8.01. The third-order valence-electron chi connectivity index (χ3n) is 12.4. The SMILES string of the molecule is c1ccc(-c2ccc(-c3ccccc3)c(-n3c4ccccc4c4ccc5c(c6ccccc6n5-c5nc(-c6ccccc6)nc(-c6ccc7sc8ccccc8c7c6)n5)c43)c2)cc1. The number of nitrogens with zero attached hydrogens (tertiary/aromatic N) is 5. The summed E-state index contributed by atoms with van der Waals surface area (Å²) in [4.78, 5) is 15.9. The lowest BCUT2D eigenvalue weighted by Crippen LogP contribution is -2.06. The molecule has 0 unspecified atom stereocenters. The van der Waals surface area contributed by atoms with Gasteiger partial charge in [-0.15, -0.1) is 11.3 Å². The second-order valence-electron chi connectivity index (χ2n) is 16.0. The smallest absolute Gasteiger partial charge is 0.238 e. The zero-order chi connectivity index (χ0) is 41.4. The van der Waals surface area contributed by atoms with Gasteiger partial charge < -0.3 is 4.57 Å². The summed E-state index contributed by atoms with van der Waals surface area (Å²) in [5.74, 6) is 1.82. The molecule has 0 atom stereocenters. The number of fused-ring (bicyclic) bond motifs is 10. The predicted molar refractivity (Wildman–Crippen MR) is 263 cm³/mol. The first-order valence-electron chi connectivity index (χ1n) is 21.2. The van der Waals surface area contributed by atoms with Gasteiger partial charge in [-0.1, -0.05) is 164 Å². The van der Waals surface area contributed by atoms with Crippen LogP contribution in [0.25, 0.3) is 120 Å². The first-order valence-corrected chi connectivity index (χ1v) is 22.0. The van der Waals surface area contributed by atoms with E-state index in [-0.39, 0.29) is 0 Å². The van der Waals surface area contributed by atoms with Gasteiger partial charge >= 0.3 is 0 Å². The zero-order valence-corrected chi connectivity index (χ0v) is 34.7. The molecule has 0 saturated heterocycles. The number of aromatic nitrogens is 5. The Hall–Kier alpha value is -8.19. The van der Waals surface area contributed by atoms with Crippen LogP contribution in [0.2, 0.25) is 0 Å². The average molecular weight is 822 g/mol. The van der Waals surface area contributed by atoms with E-state index in [1.54, 1.807) is 0 Å². The van der Waals surface area contributed by atoms with E-state index in [1.807, 2.05) is 29.5 Å². The van der Waals surface area contributed by atoms with Gasteiger partial charge in [0.05, 0.1) is 27.8 Å². The molecule has 0 saturated carbocycles. The lowest BCUT2D eigenvalue weighted by molar-refractivity contribution is 0.954. The molecule has 5 nitrogen and oxygen atoms in total. The molecule has 0 radical (unpaired) electrons. The molecule has 0 amide bonds. The van der Waals surface area contributed by atoms with Crippen molar-refractivity contribution in [1.82, 2.24) is 24.1 Å². The summed E-state index contributed by atoms with van der Waals surface area (Å²) in [7, 11) is 0. The highest BCUT2D eigenvalue weighted by Gasteiger charge is 2.24. The number of para-hydroxylation sites is 2. The molecular weight excluding hydrogens is 787 g/mol. The Bertz CT molecular complexity index is 3900. The fourth-order valence-corrected chi connectivity index (χ4v) is 10.6. The van der Waals surface area contributed by atoms with Crippen LogP contribution >= 0.6 is 11.3 Å². The van der Waals surface area contributed by atoms with Crippen LogP contribution in [-0.2, 0) is 0 Å². The molecule has 0 spiro atoms. The number of hydrogen-bond acceptors (Lipinski definition) is 4. The van der Waals surface area contributed by atoms with Gasteiger partial charge in [-0.05, 0) is 65.2 Å². The molecular formula is C57H35N5S. The standard InChI is InChI=1S/C57H35N5S/c1-4-16-36(17-5-1)39-28-30-41(37-18-6-2-7-19-37)50(35-39)61-47-25-13-10-22-42(47)44-31-32-49-53(54(44)61)45-24-11-14-26-48(45)62(49)57-59-55(38-20-8-3-9-21-38)58-56(60-57)40-29-33-52-46(34-40)43-23-12-15-27-51(43)63-52/h1-35H. The topological polar surface area (TPSA) is 48.5 Å². The third-order valence-corrected chi connectivity index (χ3v) is 13.5. The Morgan fingerprint density at radius 2 is 0.921 bits per heavy atom. The number of benzene rings is 9. The van der Waals surface area contributed by atoms with Crippen LogP contribution in [0.4, 0.5) is 0 Å². The normalized spacial score (nSPS) is 11.8. The maximum absolute atomic E-state index is 5.38. The molecule has 13 aromatic rings. The quantitative estimate of drug-likeness (QED) is 0.168. The zero-order valence-electron chi connectivity index (χ0n) is 33.9. The first-order chi connectivity index (χ1) is 31.2. The summed E-state index contributed by atoms with van der Waals surface area (Å²) >= 11 is 1.81. The summed E-state index contributed by atoms with van der Waals surface area (Å²) in [6, 6.07) is 75.7. The van der Waals surface area contributed by atoms with E-state index in [9.17, 15) is 0 Å². The minimum atomic E-state index is 0.568. The monoisotopic (exact) mass is 821 g/mol. The number of rotatable bonds is 6. The van der Waals surface area contributed by atoms with Crippen LogP contribution in [0, 0.1) is 0 Å². The largest absolute Gasteiger partial charge is 0.308 e. The summed E-state index contributed by atoms with van der Waals surface area (Å²) in [5, 5.41) is 7.08. The van der Waals surface area contributed by atoms with Gasteiger partial charge in [0.25, 0.3) is 0 Å². The Labute approximate surface area is 366 Å². The molecule has 0 aliphatic carbocycles. The highest BCUT2D eigenvalue weighted by atomic mass is 32.1. The predicted octanol–water partition coefficient (Wildman–Crippen LogP) is 15.1. The molecule has 294 valence electrons. The fourth-order valence-electron chi connectivity index (χ4n) is 9.54. The van der Waals surface area contributed by atoms with E-state index in [4.69, 9.17) is 15.0 Å². The van der Waals surface area contributed by atoms with E-state index < -0.39 is 0 Å². The molecule has 0 bridgehead atoms. The maximum Gasteiger partial charge on any atom is 0.238 e. The van der Waals surface area contributed by atoms with Crippen molar-refractivity contribution in [2.24, 2.45) is 0 Å². The van der Waals surface area contributed by atoms with Crippen molar-refractivity contribution < 1.29 is 0 Å². The van der Waals surface area contributed by atoms with E-state index in [0.29, 0.717) is 17.6 Å². The highest BCUT2D eigenvalue weighted by Crippen LogP contribution is 2.44. The molecule has 0 N–H and O–H groups in total. The van der Waals surface area contributed by atoms with E-state index in [1.165, 1.54) is 36.5 Å². The van der Waals surface area contributed by atoms with Crippen molar-refractivity contribution in [3.63, 3.8) is 0 Å². The van der Waals surface area contributed by atoms with Crippen molar-refractivity contribution in [3.05, 3.63) is 212 Å². The van der Waals surface area contributed by atoms with Crippen molar-refractivity contribution >= 4 is 75.1 Å². The van der Waals surface area contributed by atoms with Gasteiger partial charge in [-0.2, -0.15) is 9.97 Å². The summed E-state index contributed by atoms with van der Waals surface area (Å²) in [5.41, 5.74) is 12.0. The number of hydrogen-bond donors (Lipinski definition) is 0. The molecule has 13 rings (SSSR count). The molecule has 0 aliphatic rings. The van der Waals surface area contributed by atoms with Crippen LogP contribution in [0.1, 0.15) is 0 Å². The average Bonchev–Trinajstić information content (AvgIpc) is 4.02. The molecule has 4 aromatic heterocycles. The van der Waals surface area contributed by atoms with Crippen LogP contribution in [0.15, 0.2) is 212 Å². The van der Waals surface area contributed by atoms with E-state index >= 15 is 0 Å². The first kappa shape index (κ1) is 35.6. The third kappa shape index (κ3) is 5.66. The van der Waals surface area contributed by atoms with Crippen LogP contribution in [0.3, 0.4) is 0 Å². The second-order valence-corrected chi connectivity index (χ2v) is 17.1. The van der Waals surface area contributed by atoms with Crippen LogP contribution < -0.4 is 0 Å². The van der Waals surface area contributed by atoms with Gasteiger partial charge in [0, 0.05) is 58.4 Å². The van der Waals surface area contributed by atoms with Gasteiger partial charge in [-0.3, -0.25) is 4.57 Å². The summed E-state index contributed by atoms with van der Waals surface area (Å²) in [6.45, 7) is 0. The van der Waals surface area contributed by atoms with Crippen molar-refractivity contribution in [1.29, 1.82) is 0 Å². The minimum absolute atomic E-state index is 0.568. The summed E-state index contributed by atoms with van der Waals surface area (Å²) in [6.07, 6.45) is 0. The Balaban J connectivity index is 1.13. The van der Waals surface area contributed by atoms with Crippen LogP contribution in [-0.4, -0.2) is 24.1 Å². The molecule has 63 heavy (non-hydrogen) atoms. The Morgan fingerprint density at radius 1 is 0.333 bits per heavy atom. The lowest BCUT2D eigenvalue weighted by atomic mass is 9.97. The van der Waals surface area contributed by atoms with E-state index in [2.05, 4.69) is 203 Å². The van der Waals surface area contributed by atoms with Crippen LogP contribution in [0.5, 0.6) is 0 Å². The lowest BCUT2D eigenvalue weighted by Gasteiger charge is -2.17. The second kappa shape index (κ2) is 14.2. The maximum atomic E-state index is 5.38. The summed E-state index contributed by atoms with van der Waals surface area (Å²) < 4.78 is 7.24. The molecule has 4 heterocycles. The van der Waals surface area contributed by atoms with Gasteiger partial charge in [0.1, 0.15) is 0 Å². The Morgan fingerprint density at radius 3 is 1.68 bits per heavy atom. The molecule has 0 aliphatic heterocycles. The van der Waals surface area contributed by atoms with Crippen molar-refractivity contribution in [3.8, 4) is 56.7 Å². The minimum Gasteiger partial charge on any atom is -0.308 e. The van der Waals surface area contributed by atoms with Gasteiger partial charge in [0.2, 0.25) is 5.95 Å². The highest BCUT2D eigenvalue weighted by molar-refractivity contribution is 7.25. The van der Waals surface area contributed by atoms with Gasteiger partial charge in [-0.25, -0.2) is 4.98 Å². The number of thiophene rings is 1. The van der Waals surface area contributed by atoms with E-state index in [0.717, 1.165) is 66.3 Å². The molecule has 0 fully saturated rings. The van der Waals surface area contributed by atoms with Crippen molar-refractivity contribution in [2.75, 3.05) is 0 Å². The van der Waals surface area contributed by atoms with Gasteiger partial charge in [0.15, 0.2) is 11.6 Å². The fraction of sp³-hybridized carbons (Fsp3) is 0. The molecule has 6 heteroatoms. The van der Waals surface area contributed by atoms with Crippen molar-refractivity contribution in [2.45, 2.75) is 0 Å².